The zero-order valence-corrected chi connectivity index (χ0v) is 15.3. The van der Waals surface area contributed by atoms with Crippen LogP contribution >= 0.6 is 0 Å². The summed E-state index contributed by atoms with van der Waals surface area (Å²) in [6.45, 7) is 3.91. The Labute approximate surface area is 154 Å². The van der Waals surface area contributed by atoms with Gasteiger partial charge in [0, 0.05) is 18.2 Å². The van der Waals surface area contributed by atoms with Crippen molar-refractivity contribution in [3.8, 4) is 17.2 Å². The van der Waals surface area contributed by atoms with E-state index in [0.29, 0.717) is 11.9 Å². The van der Waals surface area contributed by atoms with Gasteiger partial charge < -0.3 is 9.15 Å². The second-order valence-electron chi connectivity index (χ2n) is 6.79. The molecule has 26 heavy (non-hydrogen) atoms. The third-order valence-electron chi connectivity index (χ3n) is 5.13. The highest BCUT2D eigenvalue weighted by molar-refractivity contribution is 5.53. The standard InChI is InChI=1S/C22H24N2O2/c1-16-20(23-22(26-16)18-7-4-3-5-8-18)15-24-14-6-9-21(24)17-10-12-19(25-2)13-11-17/h3-5,7-8,10-13,21H,6,9,14-15H2,1-2H3/t21-/m0/s1. The van der Waals surface area contributed by atoms with E-state index >= 15 is 0 Å². The van der Waals surface area contributed by atoms with Crippen LogP contribution in [0.25, 0.3) is 11.5 Å². The van der Waals surface area contributed by atoms with Crippen molar-refractivity contribution in [1.29, 1.82) is 0 Å². The summed E-state index contributed by atoms with van der Waals surface area (Å²) in [6.07, 6.45) is 2.38. The summed E-state index contributed by atoms with van der Waals surface area (Å²) in [4.78, 5) is 7.27. The van der Waals surface area contributed by atoms with Crippen LogP contribution in [0.1, 0.15) is 35.9 Å². The van der Waals surface area contributed by atoms with Gasteiger partial charge in [0.25, 0.3) is 0 Å². The normalized spacial score (nSPS) is 17.5. The Bertz CT molecular complexity index is 856. The van der Waals surface area contributed by atoms with Gasteiger partial charge in [-0.2, -0.15) is 0 Å². The summed E-state index contributed by atoms with van der Waals surface area (Å²) in [7, 11) is 1.70. The molecule has 1 saturated heterocycles. The lowest BCUT2D eigenvalue weighted by molar-refractivity contribution is 0.244. The number of hydrogen-bond donors (Lipinski definition) is 0. The van der Waals surface area contributed by atoms with Gasteiger partial charge in [-0.3, -0.25) is 4.90 Å². The number of ether oxygens (including phenoxy) is 1. The minimum Gasteiger partial charge on any atom is -0.497 e. The zero-order chi connectivity index (χ0) is 17.9. The van der Waals surface area contributed by atoms with Crippen LogP contribution in [0.5, 0.6) is 5.75 Å². The molecule has 0 N–H and O–H groups in total. The number of nitrogens with zero attached hydrogens (tertiary/aromatic N) is 2. The van der Waals surface area contributed by atoms with Gasteiger partial charge in [0.05, 0.1) is 12.8 Å². The Hall–Kier alpha value is -2.59. The van der Waals surface area contributed by atoms with Crippen molar-refractivity contribution in [2.24, 2.45) is 0 Å². The summed E-state index contributed by atoms with van der Waals surface area (Å²) < 4.78 is 11.2. The van der Waals surface area contributed by atoms with Crippen LogP contribution in [0.2, 0.25) is 0 Å². The molecule has 0 unspecified atom stereocenters. The smallest absolute Gasteiger partial charge is 0.226 e. The fourth-order valence-electron chi connectivity index (χ4n) is 3.69. The number of methoxy groups -OCH3 is 1. The first kappa shape index (κ1) is 16.9. The summed E-state index contributed by atoms with van der Waals surface area (Å²) in [5, 5.41) is 0. The van der Waals surface area contributed by atoms with E-state index in [-0.39, 0.29) is 0 Å². The highest BCUT2D eigenvalue weighted by Crippen LogP contribution is 2.34. The van der Waals surface area contributed by atoms with Crippen LogP contribution < -0.4 is 4.74 Å². The molecular weight excluding hydrogens is 324 g/mol. The van der Waals surface area contributed by atoms with E-state index in [9.17, 15) is 0 Å². The molecule has 4 rings (SSSR count). The highest BCUT2D eigenvalue weighted by Gasteiger charge is 2.27. The lowest BCUT2D eigenvalue weighted by Crippen LogP contribution is -2.23. The molecule has 0 aliphatic carbocycles. The number of rotatable bonds is 5. The first-order valence-electron chi connectivity index (χ1n) is 9.14. The third kappa shape index (κ3) is 3.37. The molecule has 4 heteroatoms. The van der Waals surface area contributed by atoms with Crippen molar-refractivity contribution in [2.75, 3.05) is 13.7 Å². The largest absolute Gasteiger partial charge is 0.497 e. The Morgan fingerprint density at radius 1 is 1.12 bits per heavy atom. The van der Waals surface area contributed by atoms with Crippen molar-refractivity contribution in [1.82, 2.24) is 9.88 Å². The van der Waals surface area contributed by atoms with E-state index in [1.54, 1.807) is 7.11 Å². The van der Waals surface area contributed by atoms with E-state index in [0.717, 1.165) is 35.9 Å². The monoisotopic (exact) mass is 348 g/mol. The highest BCUT2D eigenvalue weighted by atomic mass is 16.5. The van der Waals surface area contributed by atoms with Crippen LogP contribution in [0, 0.1) is 6.92 Å². The predicted molar refractivity (Wildman–Crippen MR) is 102 cm³/mol. The molecule has 0 saturated carbocycles. The van der Waals surface area contributed by atoms with E-state index in [1.807, 2.05) is 49.4 Å². The lowest BCUT2D eigenvalue weighted by Gasteiger charge is -2.24. The molecule has 0 amide bonds. The second kappa shape index (κ2) is 7.34. The van der Waals surface area contributed by atoms with E-state index in [1.165, 1.54) is 18.4 Å². The van der Waals surface area contributed by atoms with Crippen LogP contribution in [0.15, 0.2) is 59.0 Å². The molecule has 0 bridgehead atoms. The molecule has 2 aromatic carbocycles. The number of likely N-dealkylation sites (tertiary alicyclic amines) is 1. The first-order chi connectivity index (χ1) is 12.7. The van der Waals surface area contributed by atoms with Crippen LogP contribution in [-0.2, 0) is 6.54 Å². The van der Waals surface area contributed by atoms with Gasteiger partial charge in [-0.1, -0.05) is 30.3 Å². The predicted octanol–water partition coefficient (Wildman–Crippen LogP) is 5.00. The maximum atomic E-state index is 5.93. The molecule has 2 heterocycles. The average molecular weight is 348 g/mol. The first-order valence-corrected chi connectivity index (χ1v) is 9.14. The summed E-state index contributed by atoms with van der Waals surface area (Å²) in [5.41, 5.74) is 3.40. The topological polar surface area (TPSA) is 38.5 Å². The fraction of sp³-hybridized carbons (Fsp3) is 0.318. The maximum absolute atomic E-state index is 5.93. The number of benzene rings is 2. The molecule has 134 valence electrons. The second-order valence-corrected chi connectivity index (χ2v) is 6.79. The van der Waals surface area contributed by atoms with Crippen molar-refractivity contribution < 1.29 is 9.15 Å². The number of oxazole rings is 1. The molecule has 1 aromatic heterocycles. The summed E-state index contributed by atoms with van der Waals surface area (Å²) in [5.74, 6) is 2.51. The minimum atomic E-state index is 0.428. The number of aryl methyl sites for hydroxylation is 1. The quantitative estimate of drug-likeness (QED) is 0.651. The lowest BCUT2D eigenvalue weighted by atomic mass is 10.0. The van der Waals surface area contributed by atoms with Gasteiger partial charge in [0.15, 0.2) is 0 Å². The average Bonchev–Trinajstić information content (AvgIpc) is 3.30. The molecule has 1 aliphatic heterocycles. The van der Waals surface area contributed by atoms with E-state index < -0.39 is 0 Å². The zero-order valence-electron chi connectivity index (χ0n) is 15.3. The van der Waals surface area contributed by atoms with Gasteiger partial charge >= 0.3 is 0 Å². The van der Waals surface area contributed by atoms with Crippen molar-refractivity contribution in [3.05, 3.63) is 71.6 Å². The Morgan fingerprint density at radius 2 is 1.88 bits per heavy atom. The Morgan fingerprint density at radius 3 is 2.62 bits per heavy atom. The van der Waals surface area contributed by atoms with Crippen molar-refractivity contribution >= 4 is 0 Å². The Balaban J connectivity index is 1.53. The van der Waals surface area contributed by atoms with Gasteiger partial charge in [0.1, 0.15) is 11.5 Å². The molecule has 3 aromatic rings. The molecule has 0 spiro atoms. The van der Waals surface area contributed by atoms with Crippen molar-refractivity contribution in [2.45, 2.75) is 32.4 Å². The molecule has 0 radical (unpaired) electrons. The molecule has 1 atom stereocenters. The summed E-state index contributed by atoms with van der Waals surface area (Å²) >= 11 is 0. The van der Waals surface area contributed by atoms with Gasteiger partial charge in [-0.25, -0.2) is 4.98 Å². The SMILES string of the molecule is COc1ccc([C@@H]2CCCN2Cc2nc(-c3ccccc3)oc2C)cc1. The van der Waals surface area contributed by atoms with Gasteiger partial charge in [0.2, 0.25) is 5.89 Å². The minimum absolute atomic E-state index is 0.428. The fourth-order valence-corrected chi connectivity index (χ4v) is 3.69. The van der Waals surface area contributed by atoms with E-state index in [2.05, 4.69) is 17.0 Å². The maximum Gasteiger partial charge on any atom is 0.226 e. The van der Waals surface area contributed by atoms with Gasteiger partial charge in [-0.05, 0) is 56.1 Å². The Kier molecular flexibility index (Phi) is 4.76. The van der Waals surface area contributed by atoms with Gasteiger partial charge in [-0.15, -0.1) is 0 Å². The number of aromatic nitrogens is 1. The van der Waals surface area contributed by atoms with E-state index in [4.69, 9.17) is 14.1 Å². The van der Waals surface area contributed by atoms with Crippen LogP contribution in [-0.4, -0.2) is 23.5 Å². The summed E-state index contributed by atoms with van der Waals surface area (Å²) in [6, 6.07) is 18.9. The van der Waals surface area contributed by atoms with Crippen LogP contribution in [0.3, 0.4) is 0 Å². The molecule has 4 nitrogen and oxygen atoms in total. The molecule has 1 fully saturated rings. The van der Waals surface area contributed by atoms with Crippen LogP contribution in [0.4, 0.5) is 0 Å². The van der Waals surface area contributed by atoms with Crippen molar-refractivity contribution in [3.63, 3.8) is 0 Å². The molecule has 1 aliphatic rings. The molecular formula is C22H24N2O2. The number of hydrogen-bond acceptors (Lipinski definition) is 4. The third-order valence-corrected chi connectivity index (χ3v) is 5.13.